The van der Waals surface area contributed by atoms with Crippen LogP contribution in [0.25, 0.3) is 0 Å². The van der Waals surface area contributed by atoms with E-state index in [9.17, 15) is 17.6 Å². The van der Waals surface area contributed by atoms with Gasteiger partial charge in [0.2, 0.25) is 5.91 Å². The predicted molar refractivity (Wildman–Crippen MR) is 109 cm³/mol. The summed E-state index contributed by atoms with van der Waals surface area (Å²) in [5.74, 6) is -0.864. The van der Waals surface area contributed by atoms with Crippen LogP contribution in [0.1, 0.15) is 5.69 Å². The number of anilines is 3. The number of rotatable bonds is 6. The maximum Gasteiger partial charge on any atom is 0.230 e. The molecule has 3 rings (SSSR count). The number of nitrogens with zero attached hydrogens (tertiary/aromatic N) is 1. The highest BCUT2D eigenvalue weighted by molar-refractivity contribution is 7.90. The lowest BCUT2D eigenvalue weighted by Crippen LogP contribution is -2.14. The molecule has 0 atom stereocenters. The molecule has 1 heterocycles. The van der Waals surface area contributed by atoms with E-state index in [2.05, 4.69) is 15.6 Å². The lowest BCUT2D eigenvalue weighted by molar-refractivity contribution is -0.115. The van der Waals surface area contributed by atoms with Crippen molar-refractivity contribution in [3.05, 3.63) is 64.4 Å². The second-order valence-corrected chi connectivity index (χ2v) is 9.20. The lowest BCUT2D eigenvalue weighted by atomic mass is 10.2. The van der Waals surface area contributed by atoms with Crippen LogP contribution in [0, 0.1) is 5.82 Å². The molecule has 0 saturated heterocycles. The number of hydrogen-bond donors (Lipinski definition) is 2. The Hall–Kier alpha value is -2.49. The van der Waals surface area contributed by atoms with Gasteiger partial charge in [-0.2, -0.15) is 0 Å². The number of aromatic nitrogens is 1. The van der Waals surface area contributed by atoms with Crippen LogP contribution in [0.4, 0.5) is 20.9 Å². The minimum atomic E-state index is -3.25. The molecule has 1 aromatic heterocycles. The van der Waals surface area contributed by atoms with Crippen LogP contribution in [0.15, 0.2) is 52.7 Å². The third-order valence-corrected chi connectivity index (χ3v) is 5.86. The second kappa shape index (κ2) is 8.26. The first-order valence-corrected chi connectivity index (χ1v) is 11.1. The number of benzene rings is 2. The van der Waals surface area contributed by atoms with Gasteiger partial charge in [-0.1, -0.05) is 11.6 Å². The molecule has 6 nitrogen and oxygen atoms in total. The molecular formula is C18H15ClFN3O3S2. The Morgan fingerprint density at radius 3 is 2.50 bits per heavy atom. The molecule has 28 heavy (non-hydrogen) atoms. The fourth-order valence-corrected chi connectivity index (χ4v) is 3.84. The molecule has 0 unspecified atom stereocenters. The van der Waals surface area contributed by atoms with Crippen molar-refractivity contribution in [2.75, 3.05) is 16.9 Å². The van der Waals surface area contributed by atoms with Crippen molar-refractivity contribution < 1.29 is 17.6 Å². The van der Waals surface area contributed by atoms with E-state index in [1.165, 1.54) is 41.7 Å². The molecular weight excluding hydrogens is 425 g/mol. The van der Waals surface area contributed by atoms with Crippen molar-refractivity contribution in [2.24, 2.45) is 0 Å². The summed E-state index contributed by atoms with van der Waals surface area (Å²) in [4.78, 5) is 16.7. The highest BCUT2D eigenvalue weighted by atomic mass is 35.5. The van der Waals surface area contributed by atoms with Crippen LogP contribution in [0.3, 0.4) is 0 Å². The molecule has 0 fully saturated rings. The van der Waals surface area contributed by atoms with E-state index >= 15 is 0 Å². The molecule has 1 amide bonds. The largest absolute Gasteiger partial charge is 0.332 e. The van der Waals surface area contributed by atoms with E-state index in [1.807, 2.05) is 0 Å². The Kier molecular flexibility index (Phi) is 5.97. The summed E-state index contributed by atoms with van der Waals surface area (Å²) in [6, 6.07) is 10.2. The Labute approximate surface area is 170 Å². The van der Waals surface area contributed by atoms with Gasteiger partial charge < -0.3 is 10.6 Å². The van der Waals surface area contributed by atoms with Crippen molar-refractivity contribution in [3.8, 4) is 0 Å². The molecule has 0 aliphatic heterocycles. The third-order valence-electron chi connectivity index (χ3n) is 3.63. The zero-order valence-corrected chi connectivity index (χ0v) is 17.0. The average Bonchev–Trinajstić information content (AvgIpc) is 3.04. The molecule has 0 aliphatic carbocycles. The molecule has 146 valence electrons. The van der Waals surface area contributed by atoms with Crippen molar-refractivity contribution in [1.29, 1.82) is 0 Å². The van der Waals surface area contributed by atoms with Crippen molar-refractivity contribution in [2.45, 2.75) is 11.3 Å². The summed E-state index contributed by atoms with van der Waals surface area (Å²) < 4.78 is 36.1. The number of hydrogen-bond acceptors (Lipinski definition) is 6. The zero-order valence-electron chi connectivity index (χ0n) is 14.6. The first-order chi connectivity index (χ1) is 13.2. The maximum absolute atomic E-state index is 13.2. The smallest absolute Gasteiger partial charge is 0.230 e. The number of thiazole rings is 1. The Morgan fingerprint density at radius 1 is 1.18 bits per heavy atom. The van der Waals surface area contributed by atoms with Crippen molar-refractivity contribution in [1.82, 2.24) is 4.98 Å². The molecule has 0 aliphatic rings. The first kappa shape index (κ1) is 20.2. The number of halogens is 2. The molecule has 0 bridgehead atoms. The van der Waals surface area contributed by atoms with E-state index < -0.39 is 15.7 Å². The molecule has 10 heteroatoms. The van der Waals surface area contributed by atoms with E-state index in [0.29, 0.717) is 22.2 Å². The van der Waals surface area contributed by atoms with Gasteiger partial charge in [0.05, 0.1) is 22.0 Å². The summed E-state index contributed by atoms with van der Waals surface area (Å²) in [6.45, 7) is 0. The van der Waals surface area contributed by atoms with Crippen LogP contribution in [0.5, 0.6) is 0 Å². The molecule has 3 aromatic rings. The summed E-state index contributed by atoms with van der Waals surface area (Å²) >= 11 is 7.01. The number of carbonyl (C=O) groups is 1. The summed E-state index contributed by atoms with van der Waals surface area (Å²) in [5.41, 5.74) is 1.64. The average molecular weight is 440 g/mol. The zero-order chi connectivity index (χ0) is 20.3. The Morgan fingerprint density at radius 2 is 1.86 bits per heavy atom. The van der Waals surface area contributed by atoms with Gasteiger partial charge in [0.25, 0.3) is 0 Å². The molecule has 2 N–H and O–H groups in total. The second-order valence-electron chi connectivity index (χ2n) is 5.92. The predicted octanol–water partition coefficient (Wildman–Crippen LogP) is 4.26. The Bertz CT molecular complexity index is 1120. The highest BCUT2D eigenvalue weighted by Crippen LogP contribution is 2.23. The van der Waals surface area contributed by atoms with E-state index in [1.54, 1.807) is 17.5 Å². The molecule has 0 spiro atoms. The van der Waals surface area contributed by atoms with Crippen molar-refractivity contribution in [3.63, 3.8) is 0 Å². The van der Waals surface area contributed by atoms with Crippen molar-refractivity contribution >= 4 is 55.2 Å². The number of carbonyl (C=O) groups excluding carboxylic acids is 1. The van der Waals surface area contributed by atoms with Gasteiger partial charge in [0.15, 0.2) is 15.0 Å². The SMILES string of the molecule is CS(=O)(=O)c1ccc(Nc2nc(CC(=O)Nc3ccc(F)c(Cl)c3)cs2)cc1. The normalized spacial score (nSPS) is 11.2. The van der Waals surface area contributed by atoms with E-state index in [0.717, 1.165) is 6.26 Å². The molecule has 0 saturated carbocycles. The summed E-state index contributed by atoms with van der Waals surface area (Å²) in [5, 5.41) is 7.94. The van der Waals surface area contributed by atoms with Crippen LogP contribution in [0.2, 0.25) is 5.02 Å². The number of sulfone groups is 1. The van der Waals surface area contributed by atoms with Gasteiger partial charge in [-0.25, -0.2) is 17.8 Å². The fraction of sp³-hybridized carbons (Fsp3) is 0.111. The topological polar surface area (TPSA) is 88.2 Å². The quantitative estimate of drug-likeness (QED) is 0.599. The minimum absolute atomic E-state index is 0.0419. The van der Waals surface area contributed by atoms with Gasteiger partial charge in [0.1, 0.15) is 5.82 Å². The number of nitrogens with one attached hydrogen (secondary N) is 2. The molecule has 0 radical (unpaired) electrons. The van der Waals surface area contributed by atoms with Crippen LogP contribution < -0.4 is 10.6 Å². The van der Waals surface area contributed by atoms with Gasteiger partial charge in [-0.3, -0.25) is 4.79 Å². The maximum atomic E-state index is 13.2. The minimum Gasteiger partial charge on any atom is -0.332 e. The standard InChI is InChI=1S/C18H15ClFN3O3S2/c1-28(25,26)14-5-2-11(3-6-14)22-18-23-13(10-27-18)9-17(24)21-12-4-7-16(20)15(19)8-12/h2-8,10H,9H2,1H3,(H,21,24)(H,22,23). The van der Waals surface area contributed by atoms with Crippen LogP contribution in [-0.4, -0.2) is 25.6 Å². The van der Waals surface area contributed by atoms with Gasteiger partial charge in [-0.05, 0) is 42.5 Å². The van der Waals surface area contributed by atoms with E-state index in [4.69, 9.17) is 11.6 Å². The van der Waals surface area contributed by atoms with Crippen LogP contribution >= 0.6 is 22.9 Å². The summed E-state index contributed by atoms with van der Waals surface area (Å²) in [6.07, 6.45) is 1.19. The van der Waals surface area contributed by atoms with Gasteiger partial charge in [0, 0.05) is 23.0 Å². The molecule has 2 aromatic carbocycles. The first-order valence-electron chi connectivity index (χ1n) is 7.97. The van der Waals surface area contributed by atoms with Crippen LogP contribution in [-0.2, 0) is 21.1 Å². The van der Waals surface area contributed by atoms with Gasteiger partial charge in [-0.15, -0.1) is 11.3 Å². The van der Waals surface area contributed by atoms with Gasteiger partial charge >= 0.3 is 0 Å². The highest BCUT2D eigenvalue weighted by Gasteiger charge is 2.11. The van der Waals surface area contributed by atoms with E-state index in [-0.39, 0.29) is 22.2 Å². The number of amides is 1. The lowest BCUT2D eigenvalue weighted by Gasteiger charge is -2.05. The monoisotopic (exact) mass is 439 g/mol. The third kappa shape index (κ3) is 5.28. The fourth-order valence-electron chi connectivity index (χ4n) is 2.30. The summed E-state index contributed by atoms with van der Waals surface area (Å²) in [7, 11) is -3.25. The Balaban J connectivity index is 1.60.